The van der Waals surface area contributed by atoms with Gasteiger partial charge in [-0.1, -0.05) is 46.7 Å². The molecule has 3 aromatic rings. The van der Waals surface area contributed by atoms with E-state index in [0.29, 0.717) is 9.36 Å². The highest BCUT2D eigenvalue weighted by Crippen LogP contribution is 2.30. The zero-order chi connectivity index (χ0) is 15.7. The number of nitrogens with zero attached hydrogens (tertiary/aromatic N) is 4. The van der Waals surface area contributed by atoms with Crippen molar-refractivity contribution in [3.63, 3.8) is 0 Å². The summed E-state index contributed by atoms with van der Waals surface area (Å²) in [6, 6.07) is 7.37. The maximum absolute atomic E-state index is 6.03. The molecule has 0 amide bonds. The third kappa shape index (κ3) is 3.76. The van der Waals surface area contributed by atoms with Crippen molar-refractivity contribution in [3.8, 4) is 11.3 Å². The largest absolute Gasteiger partial charge is 0.369 e. The van der Waals surface area contributed by atoms with E-state index in [4.69, 9.17) is 34.7 Å². The van der Waals surface area contributed by atoms with Crippen LogP contribution in [0.1, 0.15) is 5.69 Å². The summed E-state index contributed by atoms with van der Waals surface area (Å²) in [5.41, 5.74) is 12.9. The Bertz CT molecular complexity index is 877. The molecule has 0 aliphatic carbocycles. The first-order valence-corrected chi connectivity index (χ1v) is 7.67. The number of hydrogen-bond acceptors (Lipinski definition) is 4. The summed E-state index contributed by atoms with van der Waals surface area (Å²) < 4.78 is 2.46. The van der Waals surface area contributed by atoms with E-state index in [-0.39, 0.29) is 18.4 Å². The van der Waals surface area contributed by atoms with Gasteiger partial charge in [0.05, 0.1) is 17.6 Å². The fourth-order valence-corrected chi connectivity index (χ4v) is 3.08. The molecule has 0 atom stereocenters. The van der Waals surface area contributed by atoms with Gasteiger partial charge in [-0.05, 0) is 12.1 Å². The normalized spacial score (nSPS) is 10.9. The predicted molar refractivity (Wildman–Crippen MR) is 99.2 cm³/mol. The Morgan fingerprint density at radius 1 is 1.22 bits per heavy atom. The van der Waals surface area contributed by atoms with Gasteiger partial charge in [-0.3, -0.25) is 4.40 Å². The summed E-state index contributed by atoms with van der Waals surface area (Å²) in [5.74, 6) is -0.117. The van der Waals surface area contributed by atoms with Gasteiger partial charge in [0, 0.05) is 16.8 Å². The minimum absolute atomic E-state index is 0. The molecule has 0 spiro atoms. The number of thiazole rings is 1. The first-order valence-electron chi connectivity index (χ1n) is 6.10. The molecule has 23 heavy (non-hydrogen) atoms. The summed E-state index contributed by atoms with van der Waals surface area (Å²) in [6.07, 6.45) is 3.30. The van der Waals surface area contributed by atoms with Crippen LogP contribution in [0.2, 0.25) is 9.36 Å². The van der Waals surface area contributed by atoms with Crippen molar-refractivity contribution in [2.75, 3.05) is 0 Å². The molecule has 2 aromatic heterocycles. The first-order chi connectivity index (χ1) is 10.5. The van der Waals surface area contributed by atoms with Crippen LogP contribution in [0.15, 0.2) is 40.7 Å². The topological polar surface area (TPSA) is 94.1 Å². The lowest BCUT2D eigenvalue weighted by molar-refractivity contribution is 1.18. The standard InChI is InChI=1S/C13H10Cl2N6S.ClH/c14-8-3-1-7(2-4-8)11-9(5-18-20-12(16)17)21-6-10(15)22-13(21)19-11;/h1-6H,(H4,16,17,20);1H/b18-5+;. The Balaban J connectivity index is 0.00000192. The van der Waals surface area contributed by atoms with E-state index < -0.39 is 0 Å². The van der Waals surface area contributed by atoms with Gasteiger partial charge in [-0.25, -0.2) is 4.98 Å². The van der Waals surface area contributed by atoms with E-state index in [0.717, 1.165) is 21.9 Å². The van der Waals surface area contributed by atoms with Crippen LogP contribution in [-0.4, -0.2) is 21.6 Å². The minimum atomic E-state index is -0.117. The summed E-state index contributed by atoms with van der Waals surface area (Å²) in [7, 11) is 0. The molecule has 0 aliphatic rings. The van der Waals surface area contributed by atoms with Crippen LogP contribution in [0.25, 0.3) is 16.2 Å². The second-order valence-electron chi connectivity index (χ2n) is 4.31. The monoisotopic (exact) mass is 388 g/mol. The smallest absolute Gasteiger partial charge is 0.211 e. The van der Waals surface area contributed by atoms with Gasteiger partial charge in [-0.15, -0.1) is 17.5 Å². The third-order valence-corrected chi connectivity index (χ3v) is 4.16. The summed E-state index contributed by atoms with van der Waals surface area (Å²) in [6.45, 7) is 0. The number of fused-ring (bicyclic) bond motifs is 1. The predicted octanol–water partition coefficient (Wildman–Crippen LogP) is 3.40. The fraction of sp³-hybridized carbons (Fsp3) is 0. The van der Waals surface area contributed by atoms with Crippen molar-refractivity contribution in [2.24, 2.45) is 21.7 Å². The highest BCUT2D eigenvalue weighted by Gasteiger charge is 2.15. The van der Waals surface area contributed by atoms with Gasteiger partial charge < -0.3 is 11.5 Å². The molecule has 0 radical (unpaired) electrons. The number of imidazole rings is 1. The van der Waals surface area contributed by atoms with E-state index in [1.54, 1.807) is 18.3 Å². The van der Waals surface area contributed by atoms with Crippen molar-refractivity contribution in [3.05, 3.63) is 45.5 Å². The Hall–Kier alpha value is -1.80. The van der Waals surface area contributed by atoms with Crippen LogP contribution in [0.5, 0.6) is 0 Å². The molecule has 0 saturated carbocycles. The van der Waals surface area contributed by atoms with Crippen LogP contribution < -0.4 is 11.5 Å². The second-order valence-corrected chi connectivity index (χ2v) is 6.39. The molecule has 2 heterocycles. The highest BCUT2D eigenvalue weighted by atomic mass is 35.5. The molecular weight excluding hydrogens is 379 g/mol. The van der Waals surface area contributed by atoms with E-state index in [1.165, 1.54) is 17.6 Å². The summed E-state index contributed by atoms with van der Waals surface area (Å²) in [4.78, 5) is 5.33. The molecule has 6 nitrogen and oxygen atoms in total. The number of benzene rings is 1. The number of nitrogens with two attached hydrogens (primary N) is 2. The van der Waals surface area contributed by atoms with E-state index in [2.05, 4.69) is 15.2 Å². The number of halogens is 3. The molecular formula is C13H11Cl3N6S. The van der Waals surface area contributed by atoms with Crippen LogP contribution in [0.4, 0.5) is 0 Å². The van der Waals surface area contributed by atoms with Crippen LogP contribution in [0.3, 0.4) is 0 Å². The lowest BCUT2D eigenvalue weighted by Crippen LogP contribution is -2.21. The molecule has 4 N–H and O–H groups in total. The Morgan fingerprint density at radius 3 is 2.57 bits per heavy atom. The van der Waals surface area contributed by atoms with Gasteiger partial charge in [0.15, 0.2) is 4.96 Å². The maximum Gasteiger partial charge on any atom is 0.211 e. The lowest BCUT2D eigenvalue weighted by Gasteiger charge is -1.99. The van der Waals surface area contributed by atoms with E-state index >= 15 is 0 Å². The van der Waals surface area contributed by atoms with Crippen molar-refractivity contribution in [2.45, 2.75) is 0 Å². The van der Waals surface area contributed by atoms with Gasteiger partial charge in [0.25, 0.3) is 0 Å². The SMILES string of the molecule is Cl.NC(N)=N/N=C/c1c(-c2ccc(Cl)cc2)nc2sc(Cl)cn12. The second kappa shape index (κ2) is 7.18. The lowest BCUT2D eigenvalue weighted by atomic mass is 10.1. The molecule has 0 fully saturated rings. The molecule has 0 unspecified atom stereocenters. The van der Waals surface area contributed by atoms with Crippen molar-refractivity contribution in [1.82, 2.24) is 9.38 Å². The van der Waals surface area contributed by atoms with Crippen molar-refractivity contribution < 1.29 is 0 Å². The zero-order valence-electron chi connectivity index (χ0n) is 11.5. The number of aromatic nitrogens is 2. The quantitative estimate of drug-likeness (QED) is 0.408. The minimum Gasteiger partial charge on any atom is -0.369 e. The molecule has 0 aliphatic heterocycles. The molecule has 0 saturated heterocycles. The van der Waals surface area contributed by atoms with Gasteiger partial charge in [0.1, 0.15) is 4.34 Å². The van der Waals surface area contributed by atoms with Crippen molar-refractivity contribution in [1.29, 1.82) is 0 Å². The van der Waals surface area contributed by atoms with E-state index in [9.17, 15) is 0 Å². The van der Waals surface area contributed by atoms with Crippen LogP contribution in [-0.2, 0) is 0 Å². The molecule has 0 bridgehead atoms. The molecule has 3 rings (SSSR count). The van der Waals surface area contributed by atoms with Gasteiger partial charge >= 0.3 is 0 Å². The highest BCUT2D eigenvalue weighted by molar-refractivity contribution is 7.20. The summed E-state index contributed by atoms with van der Waals surface area (Å²) >= 11 is 13.3. The number of guanidine groups is 1. The Labute approximate surface area is 151 Å². The van der Waals surface area contributed by atoms with Crippen molar-refractivity contribution >= 4 is 64.1 Å². The number of hydrogen-bond donors (Lipinski definition) is 2. The Kier molecular flexibility index (Phi) is 5.48. The average Bonchev–Trinajstić information content (AvgIpc) is 2.97. The molecule has 120 valence electrons. The van der Waals surface area contributed by atoms with Crippen LogP contribution >= 0.6 is 46.9 Å². The van der Waals surface area contributed by atoms with Gasteiger partial charge in [0.2, 0.25) is 5.96 Å². The fourth-order valence-electron chi connectivity index (χ4n) is 1.93. The number of rotatable bonds is 3. The molecule has 1 aromatic carbocycles. The first kappa shape index (κ1) is 17.6. The van der Waals surface area contributed by atoms with Crippen LogP contribution in [0, 0.1) is 0 Å². The Morgan fingerprint density at radius 2 is 1.91 bits per heavy atom. The van der Waals surface area contributed by atoms with Gasteiger partial charge in [-0.2, -0.15) is 5.10 Å². The average molecular weight is 390 g/mol. The maximum atomic E-state index is 6.03. The summed E-state index contributed by atoms with van der Waals surface area (Å²) in [5, 5.41) is 8.13. The van der Waals surface area contributed by atoms with E-state index in [1.807, 2.05) is 16.5 Å². The zero-order valence-corrected chi connectivity index (χ0v) is 14.6. The molecule has 10 heteroatoms. The third-order valence-electron chi connectivity index (χ3n) is 2.81.